The van der Waals surface area contributed by atoms with E-state index in [2.05, 4.69) is 22.2 Å². The molecule has 1 N–H and O–H groups in total. The Labute approximate surface area is 123 Å². The minimum atomic E-state index is -0.543. The van der Waals surface area contributed by atoms with E-state index in [4.69, 9.17) is 11.6 Å². The fourth-order valence-electron chi connectivity index (χ4n) is 2.73. The highest BCUT2D eigenvalue weighted by Gasteiger charge is 2.24. The summed E-state index contributed by atoms with van der Waals surface area (Å²) in [6.45, 7) is 2.93. The fraction of sp³-hybridized carbons (Fsp3) is 0.692. The van der Waals surface area contributed by atoms with Crippen molar-refractivity contribution in [1.29, 1.82) is 0 Å². The molecule has 1 saturated carbocycles. The minimum Gasteiger partial charge on any atom is -0.364 e. The molecule has 6 nitrogen and oxygen atoms in total. The normalized spacial score (nSPS) is 22.5. The van der Waals surface area contributed by atoms with E-state index in [1.807, 2.05) is 0 Å². The molecule has 0 atom stereocenters. The van der Waals surface area contributed by atoms with Crippen LogP contribution in [0.25, 0.3) is 0 Å². The highest BCUT2D eigenvalue weighted by molar-refractivity contribution is 6.31. The van der Waals surface area contributed by atoms with Crippen LogP contribution < -0.4 is 5.32 Å². The lowest BCUT2D eigenvalue weighted by Crippen LogP contribution is -2.21. The number of hydrogen-bond acceptors (Lipinski definition) is 5. The average Bonchev–Trinajstić information content (AvgIpc) is 2.45. The van der Waals surface area contributed by atoms with Gasteiger partial charge in [0, 0.05) is 6.54 Å². The molecule has 0 aromatic carbocycles. The van der Waals surface area contributed by atoms with E-state index < -0.39 is 4.92 Å². The Kier molecular flexibility index (Phi) is 5.11. The predicted molar refractivity (Wildman–Crippen MR) is 77.9 cm³/mol. The van der Waals surface area contributed by atoms with Crippen molar-refractivity contribution in [3.8, 4) is 0 Å². The monoisotopic (exact) mass is 298 g/mol. The Morgan fingerprint density at radius 3 is 2.60 bits per heavy atom. The maximum absolute atomic E-state index is 11.0. The van der Waals surface area contributed by atoms with E-state index in [0.717, 1.165) is 18.8 Å². The molecule has 0 saturated heterocycles. The molecule has 0 aliphatic heterocycles. The van der Waals surface area contributed by atoms with Crippen LogP contribution in [0, 0.1) is 22.0 Å². The molecule has 0 radical (unpaired) electrons. The number of hydrogen-bond donors (Lipinski definition) is 1. The second kappa shape index (κ2) is 6.83. The van der Waals surface area contributed by atoms with Crippen molar-refractivity contribution >= 4 is 23.1 Å². The second-order valence-corrected chi connectivity index (χ2v) is 5.65. The SMILES string of the molecule is CCC1CCC(CNc2ncnc(Cl)c2[N+](=O)[O-])CC1. The Hall–Kier alpha value is -1.43. The molecule has 1 aromatic heterocycles. The van der Waals surface area contributed by atoms with Crippen LogP contribution in [0.1, 0.15) is 39.0 Å². The van der Waals surface area contributed by atoms with Crippen LogP contribution in [0.3, 0.4) is 0 Å². The Bertz CT molecular complexity index is 475. The van der Waals surface area contributed by atoms with Gasteiger partial charge in [0.15, 0.2) is 0 Å². The molecule has 0 unspecified atom stereocenters. The predicted octanol–water partition coefficient (Wildman–Crippen LogP) is 3.67. The molecule has 1 aliphatic rings. The van der Waals surface area contributed by atoms with Crippen LogP contribution in [-0.4, -0.2) is 21.4 Å². The Balaban J connectivity index is 1.95. The Morgan fingerprint density at radius 2 is 2.00 bits per heavy atom. The summed E-state index contributed by atoms with van der Waals surface area (Å²) in [4.78, 5) is 18.0. The first-order valence-corrected chi connectivity index (χ1v) is 7.38. The first-order chi connectivity index (χ1) is 9.61. The molecule has 7 heteroatoms. The number of anilines is 1. The lowest BCUT2D eigenvalue weighted by molar-refractivity contribution is -0.384. The quantitative estimate of drug-likeness (QED) is 0.509. The molecular weight excluding hydrogens is 280 g/mol. The van der Waals surface area contributed by atoms with Gasteiger partial charge >= 0.3 is 5.69 Å². The average molecular weight is 299 g/mol. The summed E-state index contributed by atoms with van der Waals surface area (Å²) < 4.78 is 0. The summed E-state index contributed by atoms with van der Waals surface area (Å²) in [5, 5.41) is 13.9. The number of rotatable bonds is 5. The molecule has 0 amide bonds. The van der Waals surface area contributed by atoms with E-state index in [1.165, 1.54) is 25.6 Å². The molecule has 1 aliphatic carbocycles. The van der Waals surface area contributed by atoms with Gasteiger partial charge in [0.05, 0.1) is 4.92 Å². The fourth-order valence-corrected chi connectivity index (χ4v) is 2.94. The van der Waals surface area contributed by atoms with Gasteiger partial charge in [-0.05, 0) is 24.7 Å². The summed E-state index contributed by atoms with van der Waals surface area (Å²) in [7, 11) is 0. The standard InChI is InChI=1S/C13H19ClN4O2/c1-2-9-3-5-10(6-4-9)7-15-13-11(18(19)20)12(14)16-8-17-13/h8-10H,2-7H2,1H3,(H,15,16,17). The Morgan fingerprint density at radius 1 is 1.35 bits per heavy atom. The summed E-state index contributed by atoms with van der Waals surface area (Å²) in [6, 6.07) is 0. The molecule has 0 bridgehead atoms. The molecule has 1 fully saturated rings. The van der Waals surface area contributed by atoms with E-state index in [9.17, 15) is 10.1 Å². The van der Waals surface area contributed by atoms with Crippen molar-refractivity contribution in [2.24, 2.45) is 11.8 Å². The van der Waals surface area contributed by atoms with Crippen molar-refractivity contribution in [1.82, 2.24) is 9.97 Å². The first-order valence-electron chi connectivity index (χ1n) is 7.00. The molecule has 2 rings (SSSR count). The van der Waals surface area contributed by atoms with Crippen molar-refractivity contribution in [2.45, 2.75) is 39.0 Å². The summed E-state index contributed by atoms with van der Waals surface area (Å²) in [5.74, 6) is 1.60. The van der Waals surface area contributed by atoms with Gasteiger partial charge < -0.3 is 5.32 Å². The van der Waals surface area contributed by atoms with Gasteiger partial charge in [-0.25, -0.2) is 9.97 Å². The van der Waals surface area contributed by atoms with Gasteiger partial charge in [0.1, 0.15) is 6.33 Å². The highest BCUT2D eigenvalue weighted by atomic mass is 35.5. The zero-order valence-corrected chi connectivity index (χ0v) is 12.3. The summed E-state index contributed by atoms with van der Waals surface area (Å²) in [5.41, 5.74) is -0.239. The lowest BCUT2D eigenvalue weighted by atomic mass is 9.81. The lowest BCUT2D eigenvalue weighted by Gasteiger charge is -2.27. The molecular formula is C13H19ClN4O2. The largest absolute Gasteiger partial charge is 0.364 e. The van der Waals surface area contributed by atoms with E-state index in [-0.39, 0.29) is 16.7 Å². The van der Waals surface area contributed by atoms with Crippen LogP contribution in [0.15, 0.2) is 6.33 Å². The third-order valence-corrected chi connectivity index (χ3v) is 4.34. The highest BCUT2D eigenvalue weighted by Crippen LogP contribution is 2.32. The molecule has 20 heavy (non-hydrogen) atoms. The number of nitro groups is 1. The van der Waals surface area contributed by atoms with Crippen molar-refractivity contribution in [3.63, 3.8) is 0 Å². The second-order valence-electron chi connectivity index (χ2n) is 5.29. The smallest absolute Gasteiger partial charge is 0.348 e. The van der Waals surface area contributed by atoms with Crippen LogP contribution in [0.2, 0.25) is 5.15 Å². The number of nitrogens with zero attached hydrogens (tertiary/aromatic N) is 3. The van der Waals surface area contributed by atoms with Gasteiger partial charge in [-0.1, -0.05) is 37.8 Å². The maximum atomic E-state index is 11.0. The van der Waals surface area contributed by atoms with Crippen LogP contribution in [-0.2, 0) is 0 Å². The van der Waals surface area contributed by atoms with Gasteiger partial charge in [0.2, 0.25) is 11.0 Å². The van der Waals surface area contributed by atoms with Crippen LogP contribution >= 0.6 is 11.6 Å². The maximum Gasteiger partial charge on any atom is 0.348 e. The van der Waals surface area contributed by atoms with Crippen LogP contribution in [0.5, 0.6) is 0 Å². The zero-order valence-electron chi connectivity index (χ0n) is 11.5. The summed E-state index contributed by atoms with van der Waals surface area (Å²) >= 11 is 5.75. The molecule has 1 heterocycles. The van der Waals surface area contributed by atoms with Crippen molar-refractivity contribution < 1.29 is 4.92 Å². The number of aromatic nitrogens is 2. The van der Waals surface area contributed by atoms with E-state index in [1.54, 1.807) is 0 Å². The van der Waals surface area contributed by atoms with Gasteiger partial charge in [0.25, 0.3) is 0 Å². The molecule has 0 spiro atoms. The third-order valence-electron chi connectivity index (χ3n) is 4.06. The minimum absolute atomic E-state index is 0.123. The number of nitrogens with one attached hydrogen (secondary N) is 1. The van der Waals surface area contributed by atoms with Crippen LogP contribution in [0.4, 0.5) is 11.5 Å². The molecule has 1 aromatic rings. The topological polar surface area (TPSA) is 81.0 Å². The van der Waals surface area contributed by atoms with Crippen molar-refractivity contribution in [2.75, 3.05) is 11.9 Å². The first kappa shape index (κ1) is 15.0. The van der Waals surface area contributed by atoms with E-state index in [0.29, 0.717) is 12.5 Å². The number of halogens is 1. The van der Waals surface area contributed by atoms with Gasteiger partial charge in [-0.3, -0.25) is 10.1 Å². The van der Waals surface area contributed by atoms with Crippen molar-refractivity contribution in [3.05, 3.63) is 21.6 Å². The van der Waals surface area contributed by atoms with Gasteiger partial charge in [-0.15, -0.1) is 0 Å². The van der Waals surface area contributed by atoms with Gasteiger partial charge in [-0.2, -0.15) is 0 Å². The zero-order chi connectivity index (χ0) is 14.5. The third kappa shape index (κ3) is 3.56. The van der Waals surface area contributed by atoms with E-state index >= 15 is 0 Å². The summed E-state index contributed by atoms with van der Waals surface area (Å²) in [6.07, 6.45) is 7.31. The molecule has 110 valence electrons.